The van der Waals surface area contributed by atoms with Crippen LogP contribution >= 0.6 is 0 Å². The standard InChI is InChI=1S/C17H26N4O4/c1-3-7-14(22)18-10-6-4-5-8-15(23)19-11-13-21-16(24)9-12-20(2)17(21)25/h9,12H,2-8,10-11,13H2,1H3,(H-,18,19,22,23)/p+1. The summed E-state index contributed by atoms with van der Waals surface area (Å²) in [5.74, 6) is -0.462. The van der Waals surface area contributed by atoms with Gasteiger partial charge in [-0.25, -0.2) is 4.79 Å². The predicted octanol–water partition coefficient (Wildman–Crippen LogP) is 0.768. The minimum atomic E-state index is -0.508. The molecule has 0 saturated heterocycles. The van der Waals surface area contributed by atoms with E-state index >= 15 is 0 Å². The van der Waals surface area contributed by atoms with Crippen LogP contribution in [0.1, 0.15) is 45.4 Å². The van der Waals surface area contributed by atoms with E-state index in [1.54, 1.807) is 0 Å². The summed E-state index contributed by atoms with van der Waals surface area (Å²) in [7, 11) is 0. The summed E-state index contributed by atoms with van der Waals surface area (Å²) in [6, 6.07) is -0.508. The molecule has 1 aliphatic rings. The molecule has 0 spiro atoms. The van der Waals surface area contributed by atoms with Crippen molar-refractivity contribution in [2.45, 2.75) is 45.4 Å². The van der Waals surface area contributed by atoms with Gasteiger partial charge in [0.15, 0.2) is 0 Å². The number of imide groups is 1. The third kappa shape index (κ3) is 7.73. The molecule has 2 N–H and O–H groups in total. The summed E-state index contributed by atoms with van der Waals surface area (Å²) in [5.41, 5.74) is 0. The van der Waals surface area contributed by atoms with E-state index in [9.17, 15) is 19.2 Å². The average Bonchev–Trinajstić information content (AvgIpc) is 2.57. The number of urea groups is 1. The van der Waals surface area contributed by atoms with Gasteiger partial charge in [0.05, 0.1) is 19.3 Å². The summed E-state index contributed by atoms with van der Waals surface area (Å²) < 4.78 is 1.07. The van der Waals surface area contributed by atoms with E-state index in [2.05, 4.69) is 17.4 Å². The van der Waals surface area contributed by atoms with Gasteiger partial charge in [0.2, 0.25) is 11.8 Å². The van der Waals surface area contributed by atoms with Crippen LogP contribution in [0.3, 0.4) is 0 Å². The molecule has 1 aliphatic heterocycles. The summed E-state index contributed by atoms with van der Waals surface area (Å²) in [6.45, 7) is 6.40. The summed E-state index contributed by atoms with van der Waals surface area (Å²) >= 11 is 0. The first-order chi connectivity index (χ1) is 12.0. The van der Waals surface area contributed by atoms with Crippen molar-refractivity contribution in [2.75, 3.05) is 19.6 Å². The van der Waals surface area contributed by atoms with Crippen molar-refractivity contribution in [3.63, 3.8) is 0 Å². The van der Waals surface area contributed by atoms with E-state index in [0.29, 0.717) is 19.4 Å². The zero-order chi connectivity index (χ0) is 18.7. The van der Waals surface area contributed by atoms with E-state index in [1.165, 1.54) is 12.3 Å². The molecule has 8 heteroatoms. The molecule has 8 nitrogen and oxygen atoms in total. The second-order valence-electron chi connectivity index (χ2n) is 5.82. The van der Waals surface area contributed by atoms with Crippen molar-refractivity contribution in [1.82, 2.24) is 15.5 Å². The molecule has 138 valence electrons. The van der Waals surface area contributed by atoms with Gasteiger partial charge in [0.1, 0.15) is 12.7 Å². The number of rotatable bonds is 11. The molecule has 0 radical (unpaired) electrons. The second kappa shape index (κ2) is 11.1. The quantitative estimate of drug-likeness (QED) is 0.424. The number of unbranched alkanes of at least 4 members (excludes halogenated alkanes) is 2. The van der Waals surface area contributed by atoms with Crippen LogP contribution in [-0.4, -0.2) is 59.6 Å². The van der Waals surface area contributed by atoms with E-state index in [4.69, 9.17) is 0 Å². The number of hydrogen-bond acceptors (Lipinski definition) is 4. The molecule has 0 aromatic rings. The Hall–Kier alpha value is -2.51. The van der Waals surface area contributed by atoms with Gasteiger partial charge in [-0.15, -0.1) is 0 Å². The monoisotopic (exact) mass is 351 g/mol. The molecule has 1 rings (SSSR count). The van der Waals surface area contributed by atoms with Crippen molar-refractivity contribution < 1.29 is 23.8 Å². The minimum Gasteiger partial charge on any atom is -0.356 e. The topological polar surface area (TPSA) is 98.6 Å². The highest BCUT2D eigenvalue weighted by Crippen LogP contribution is 2.03. The van der Waals surface area contributed by atoms with Gasteiger partial charge in [0.25, 0.3) is 0 Å². The molecule has 0 aromatic carbocycles. The SMILES string of the molecule is C=[N+]1C=CC(=O)N(CCNC(=O)CCCCCNC(=O)CCC)C1=O. The van der Waals surface area contributed by atoms with Crippen molar-refractivity contribution >= 4 is 30.5 Å². The van der Waals surface area contributed by atoms with Gasteiger partial charge >= 0.3 is 11.9 Å². The Morgan fingerprint density at radius 3 is 2.48 bits per heavy atom. The number of amides is 5. The molecule has 0 bridgehead atoms. The Kier molecular flexibility index (Phi) is 9.13. The molecule has 0 atom stereocenters. The Balaban J connectivity index is 2.08. The lowest BCUT2D eigenvalue weighted by molar-refractivity contribution is -0.352. The zero-order valence-corrected chi connectivity index (χ0v) is 14.8. The predicted molar refractivity (Wildman–Crippen MR) is 93.0 cm³/mol. The molecular formula is C17H27N4O4+. The second-order valence-corrected chi connectivity index (χ2v) is 5.82. The van der Waals surface area contributed by atoms with Crippen LogP contribution in [0.25, 0.3) is 0 Å². The summed E-state index contributed by atoms with van der Waals surface area (Å²) in [6.07, 6.45) is 6.75. The first kappa shape index (κ1) is 20.5. The van der Waals surface area contributed by atoms with Crippen LogP contribution in [0.2, 0.25) is 0 Å². The lowest BCUT2D eigenvalue weighted by Crippen LogP contribution is -2.46. The van der Waals surface area contributed by atoms with Crippen LogP contribution in [0.4, 0.5) is 4.79 Å². The van der Waals surface area contributed by atoms with Crippen molar-refractivity contribution in [3.8, 4) is 0 Å². The fourth-order valence-corrected chi connectivity index (χ4v) is 2.29. The lowest BCUT2D eigenvalue weighted by atomic mass is 10.2. The van der Waals surface area contributed by atoms with E-state index < -0.39 is 11.9 Å². The van der Waals surface area contributed by atoms with Crippen molar-refractivity contribution in [3.05, 3.63) is 12.3 Å². The molecule has 5 amide bonds. The van der Waals surface area contributed by atoms with Crippen LogP contribution in [0.5, 0.6) is 0 Å². The number of carbonyl (C=O) groups excluding carboxylic acids is 4. The highest BCUT2D eigenvalue weighted by molar-refractivity contribution is 6.00. The minimum absolute atomic E-state index is 0.0674. The van der Waals surface area contributed by atoms with Crippen LogP contribution in [-0.2, 0) is 14.4 Å². The third-order valence-electron chi connectivity index (χ3n) is 3.68. The number of nitrogens with one attached hydrogen (secondary N) is 2. The normalized spacial score (nSPS) is 14.0. The zero-order valence-electron chi connectivity index (χ0n) is 14.8. The molecule has 0 fully saturated rings. The first-order valence-corrected chi connectivity index (χ1v) is 8.62. The lowest BCUT2D eigenvalue weighted by Gasteiger charge is -2.14. The highest BCUT2D eigenvalue weighted by atomic mass is 16.2. The van der Waals surface area contributed by atoms with Gasteiger partial charge in [-0.3, -0.25) is 9.59 Å². The summed E-state index contributed by atoms with van der Waals surface area (Å²) in [4.78, 5) is 47.4. The molecule has 0 saturated carbocycles. The molecule has 25 heavy (non-hydrogen) atoms. The Bertz CT molecular complexity index is 557. The maximum absolute atomic E-state index is 11.7. The van der Waals surface area contributed by atoms with Crippen LogP contribution in [0, 0.1) is 0 Å². The fourth-order valence-electron chi connectivity index (χ4n) is 2.29. The Labute approximate surface area is 147 Å². The Morgan fingerprint density at radius 1 is 1.08 bits per heavy atom. The number of nitrogens with zero attached hydrogens (tertiary/aromatic N) is 2. The van der Waals surface area contributed by atoms with Gasteiger partial charge < -0.3 is 10.6 Å². The average molecular weight is 351 g/mol. The van der Waals surface area contributed by atoms with Crippen molar-refractivity contribution in [2.24, 2.45) is 0 Å². The maximum Gasteiger partial charge on any atom is 0.505 e. The Morgan fingerprint density at radius 2 is 1.76 bits per heavy atom. The third-order valence-corrected chi connectivity index (χ3v) is 3.68. The van der Waals surface area contributed by atoms with Gasteiger partial charge in [-0.1, -0.05) is 13.3 Å². The van der Waals surface area contributed by atoms with Crippen LogP contribution < -0.4 is 10.6 Å². The summed E-state index contributed by atoms with van der Waals surface area (Å²) in [5, 5.41) is 5.52. The van der Waals surface area contributed by atoms with Crippen LogP contribution in [0.15, 0.2) is 12.3 Å². The van der Waals surface area contributed by atoms with E-state index in [0.717, 1.165) is 35.2 Å². The fraction of sp³-hybridized carbons (Fsp3) is 0.588. The van der Waals surface area contributed by atoms with E-state index in [-0.39, 0.29) is 24.9 Å². The molecule has 0 aliphatic carbocycles. The van der Waals surface area contributed by atoms with Gasteiger partial charge in [0, 0.05) is 19.4 Å². The van der Waals surface area contributed by atoms with Gasteiger partial charge in [-0.05, 0) is 19.3 Å². The van der Waals surface area contributed by atoms with Gasteiger partial charge in [-0.2, -0.15) is 14.3 Å². The van der Waals surface area contributed by atoms with Crippen molar-refractivity contribution in [1.29, 1.82) is 0 Å². The molecule has 1 heterocycles. The first-order valence-electron chi connectivity index (χ1n) is 8.62. The smallest absolute Gasteiger partial charge is 0.356 e. The molecule has 0 aromatic heterocycles. The number of hydrogen-bond donors (Lipinski definition) is 2. The highest BCUT2D eigenvalue weighted by Gasteiger charge is 2.33. The largest absolute Gasteiger partial charge is 0.505 e. The maximum atomic E-state index is 11.7. The number of carbonyl (C=O) groups is 4. The molecular weight excluding hydrogens is 324 g/mol. The van der Waals surface area contributed by atoms with E-state index in [1.807, 2.05) is 6.92 Å². The molecule has 0 unspecified atom stereocenters.